The van der Waals surface area contributed by atoms with Crippen LogP contribution in [0.4, 0.5) is 18.9 Å². The summed E-state index contributed by atoms with van der Waals surface area (Å²) >= 11 is 0. The average Bonchev–Trinajstić information content (AvgIpc) is 2.48. The molecule has 3 nitrogen and oxygen atoms in total. The molecular weight excluding hydrogens is 303 g/mol. The van der Waals surface area contributed by atoms with Gasteiger partial charge in [0, 0.05) is 36.7 Å². The van der Waals surface area contributed by atoms with Crippen molar-refractivity contribution in [1.29, 1.82) is 0 Å². The SMILES string of the molecule is CC1CC(F)(F)CC[C@@H]1c1nccc(-c2ncccc2F)c1N. The zero-order valence-electron chi connectivity index (χ0n) is 12.8. The van der Waals surface area contributed by atoms with Gasteiger partial charge in [-0.3, -0.25) is 9.97 Å². The van der Waals surface area contributed by atoms with Crippen LogP contribution >= 0.6 is 0 Å². The lowest BCUT2D eigenvalue weighted by atomic mass is 9.76. The van der Waals surface area contributed by atoms with E-state index in [0.717, 1.165) is 0 Å². The zero-order chi connectivity index (χ0) is 16.6. The quantitative estimate of drug-likeness (QED) is 0.891. The van der Waals surface area contributed by atoms with Gasteiger partial charge in [0.2, 0.25) is 5.92 Å². The molecule has 2 atom stereocenters. The van der Waals surface area contributed by atoms with E-state index >= 15 is 0 Å². The predicted molar refractivity (Wildman–Crippen MR) is 82.5 cm³/mol. The maximum Gasteiger partial charge on any atom is 0.248 e. The van der Waals surface area contributed by atoms with E-state index in [2.05, 4.69) is 9.97 Å². The lowest BCUT2D eigenvalue weighted by molar-refractivity contribution is -0.0558. The minimum atomic E-state index is -2.63. The fraction of sp³-hybridized carbons (Fsp3) is 0.412. The summed E-state index contributed by atoms with van der Waals surface area (Å²) in [6, 6.07) is 4.42. The fourth-order valence-corrected chi connectivity index (χ4v) is 3.35. The topological polar surface area (TPSA) is 51.8 Å². The van der Waals surface area contributed by atoms with Gasteiger partial charge in [-0.15, -0.1) is 0 Å². The Morgan fingerprint density at radius 1 is 1.22 bits per heavy atom. The summed E-state index contributed by atoms with van der Waals surface area (Å²) in [7, 11) is 0. The Kier molecular flexibility index (Phi) is 4.00. The summed E-state index contributed by atoms with van der Waals surface area (Å²) in [6.45, 7) is 1.78. The van der Waals surface area contributed by atoms with Crippen LogP contribution in [0.5, 0.6) is 0 Å². The molecule has 3 rings (SSSR count). The van der Waals surface area contributed by atoms with E-state index in [1.807, 2.05) is 0 Å². The Morgan fingerprint density at radius 3 is 2.70 bits per heavy atom. The first kappa shape index (κ1) is 15.8. The highest BCUT2D eigenvalue weighted by Gasteiger charge is 2.41. The molecule has 2 N–H and O–H groups in total. The highest BCUT2D eigenvalue weighted by Crippen LogP contribution is 2.46. The van der Waals surface area contributed by atoms with E-state index in [-0.39, 0.29) is 30.4 Å². The zero-order valence-corrected chi connectivity index (χ0v) is 12.8. The van der Waals surface area contributed by atoms with Gasteiger partial charge in [-0.1, -0.05) is 6.92 Å². The number of halogens is 3. The molecule has 1 unspecified atom stereocenters. The molecule has 0 bridgehead atoms. The molecule has 0 saturated heterocycles. The Balaban J connectivity index is 2.00. The average molecular weight is 321 g/mol. The maximum atomic E-state index is 14.0. The predicted octanol–water partition coefficient (Wildman–Crippen LogP) is 4.40. The standard InChI is InChI=1S/C17H18F3N3/c1-10-9-17(19,20)6-4-11(10)16-14(21)12(5-8-23-16)15-13(18)3-2-7-22-15/h2-3,5,7-8,10-11H,4,6,9,21H2,1H3/t10?,11-/m0/s1. The second-order valence-electron chi connectivity index (χ2n) is 6.17. The molecule has 0 amide bonds. The molecule has 0 aromatic carbocycles. The van der Waals surface area contributed by atoms with E-state index in [1.165, 1.54) is 24.5 Å². The van der Waals surface area contributed by atoms with Crippen LogP contribution in [0.15, 0.2) is 30.6 Å². The Hall–Kier alpha value is -2.11. The highest BCUT2D eigenvalue weighted by atomic mass is 19.3. The van der Waals surface area contributed by atoms with Crippen molar-refractivity contribution in [3.05, 3.63) is 42.1 Å². The number of hydrogen-bond acceptors (Lipinski definition) is 3. The van der Waals surface area contributed by atoms with E-state index < -0.39 is 11.7 Å². The molecule has 1 fully saturated rings. The van der Waals surface area contributed by atoms with Crippen molar-refractivity contribution in [2.24, 2.45) is 5.92 Å². The van der Waals surface area contributed by atoms with Crippen LogP contribution in [0.1, 0.15) is 37.8 Å². The third-order valence-corrected chi connectivity index (χ3v) is 4.51. The first-order chi connectivity index (χ1) is 10.9. The monoisotopic (exact) mass is 321 g/mol. The summed E-state index contributed by atoms with van der Waals surface area (Å²) < 4.78 is 41.0. The van der Waals surface area contributed by atoms with Crippen LogP contribution in [0.25, 0.3) is 11.3 Å². The number of rotatable bonds is 2. The van der Waals surface area contributed by atoms with Crippen molar-refractivity contribution < 1.29 is 13.2 Å². The first-order valence-electron chi connectivity index (χ1n) is 7.62. The molecule has 6 heteroatoms. The third kappa shape index (κ3) is 3.02. The van der Waals surface area contributed by atoms with Crippen molar-refractivity contribution in [3.8, 4) is 11.3 Å². The molecule has 0 aliphatic heterocycles. The van der Waals surface area contributed by atoms with Crippen LogP contribution in [0.3, 0.4) is 0 Å². The van der Waals surface area contributed by atoms with Crippen LogP contribution in [0, 0.1) is 11.7 Å². The molecule has 0 radical (unpaired) electrons. The molecule has 122 valence electrons. The van der Waals surface area contributed by atoms with Gasteiger partial charge in [0.15, 0.2) is 0 Å². The van der Waals surface area contributed by atoms with Gasteiger partial charge in [-0.05, 0) is 30.5 Å². The second kappa shape index (κ2) is 5.83. The van der Waals surface area contributed by atoms with E-state index in [4.69, 9.17) is 5.73 Å². The molecule has 2 aromatic rings. The molecule has 2 heterocycles. The third-order valence-electron chi connectivity index (χ3n) is 4.51. The van der Waals surface area contributed by atoms with Crippen LogP contribution in [0.2, 0.25) is 0 Å². The lowest BCUT2D eigenvalue weighted by Crippen LogP contribution is -2.30. The van der Waals surface area contributed by atoms with Gasteiger partial charge in [0.05, 0.1) is 11.4 Å². The minimum Gasteiger partial charge on any atom is -0.397 e. The summed E-state index contributed by atoms with van der Waals surface area (Å²) in [5.41, 5.74) is 7.69. The number of nitrogens with zero attached hydrogens (tertiary/aromatic N) is 2. The molecule has 23 heavy (non-hydrogen) atoms. The number of hydrogen-bond donors (Lipinski definition) is 1. The highest BCUT2D eigenvalue weighted by molar-refractivity contribution is 5.75. The van der Waals surface area contributed by atoms with Gasteiger partial charge in [0.25, 0.3) is 0 Å². The summed E-state index contributed by atoms with van der Waals surface area (Å²) in [5.74, 6) is -3.49. The van der Waals surface area contributed by atoms with Gasteiger partial charge in [-0.25, -0.2) is 13.2 Å². The summed E-state index contributed by atoms with van der Waals surface area (Å²) in [6.07, 6.45) is 2.99. The number of nitrogens with two attached hydrogens (primary N) is 1. The Labute approximate surface area is 132 Å². The van der Waals surface area contributed by atoms with E-state index in [9.17, 15) is 13.2 Å². The second-order valence-corrected chi connectivity index (χ2v) is 6.17. The van der Waals surface area contributed by atoms with Crippen molar-refractivity contribution in [3.63, 3.8) is 0 Å². The van der Waals surface area contributed by atoms with Gasteiger partial charge < -0.3 is 5.73 Å². The number of anilines is 1. The molecule has 0 spiro atoms. The van der Waals surface area contributed by atoms with Gasteiger partial charge in [-0.2, -0.15) is 0 Å². The number of alkyl halides is 2. The molecular formula is C17H18F3N3. The fourth-order valence-electron chi connectivity index (χ4n) is 3.35. The van der Waals surface area contributed by atoms with Crippen molar-refractivity contribution in [2.45, 2.75) is 38.0 Å². The minimum absolute atomic E-state index is 0.152. The Morgan fingerprint density at radius 2 is 2.00 bits per heavy atom. The lowest BCUT2D eigenvalue weighted by Gasteiger charge is -2.34. The first-order valence-corrected chi connectivity index (χ1v) is 7.62. The van der Waals surface area contributed by atoms with E-state index in [0.29, 0.717) is 23.4 Å². The molecule has 2 aromatic heterocycles. The molecule has 1 aliphatic carbocycles. The van der Waals surface area contributed by atoms with Crippen molar-refractivity contribution in [1.82, 2.24) is 9.97 Å². The summed E-state index contributed by atoms with van der Waals surface area (Å²) in [5, 5.41) is 0. The molecule has 1 aliphatic rings. The number of nitrogen functional groups attached to an aromatic ring is 1. The largest absolute Gasteiger partial charge is 0.397 e. The summed E-state index contributed by atoms with van der Waals surface area (Å²) in [4.78, 5) is 8.33. The van der Waals surface area contributed by atoms with Gasteiger partial charge in [0.1, 0.15) is 11.5 Å². The van der Waals surface area contributed by atoms with E-state index in [1.54, 1.807) is 13.0 Å². The number of aromatic nitrogens is 2. The maximum absolute atomic E-state index is 14.0. The van der Waals surface area contributed by atoms with Crippen LogP contribution < -0.4 is 5.73 Å². The van der Waals surface area contributed by atoms with Crippen LogP contribution in [-0.2, 0) is 0 Å². The Bertz CT molecular complexity index is 718. The van der Waals surface area contributed by atoms with Crippen molar-refractivity contribution >= 4 is 5.69 Å². The smallest absolute Gasteiger partial charge is 0.248 e. The van der Waals surface area contributed by atoms with Gasteiger partial charge >= 0.3 is 0 Å². The molecule has 1 saturated carbocycles. The normalized spacial score (nSPS) is 23.7. The van der Waals surface area contributed by atoms with Crippen LogP contribution in [-0.4, -0.2) is 15.9 Å². The number of pyridine rings is 2. The van der Waals surface area contributed by atoms with Crippen molar-refractivity contribution in [2.75, 3.05) is 5.73 Å².